The molecule has 4 nitrogen and oxygen atoms in total. The minimum absolute atomic E-state index is 0. The molecule has 0 amide bonds. The van der Waals surface area contributed by atoms with Crippen LogP contribution in [0, 0.1) is 44.3 Å². The van der Waals surface area contributed by atoms with Gasteiger partial charge in [-0.3, -0.25) is 0 Å². The molecule has 0 spiro atoms. The van der Waals surface area contributed by atoms with Crippen LogP contribution < -0.4 is 52.9 Å². The van der Waals surface area contributed by atoms with Gasteiger partial charge in [-0.15, -0.1) is 10.2 Å². The molecule has 7 aromatic carbocycles. The maximum atomic E-state index is 8.49. The molecular weight excluding hydrogens is 1320 g/mol. The van der Waals surface area contributed by atoms with Gasteiger partial charge >= 0.3 is 155 Å². The summed E-state index contributed by atoms with van der Waals surface area (Å²) in [7, 11) is -8.24. The topological polar surface area (TPSA) is 92.2 Å². The number of rotatable bonds is 7. The first-order valence-electron chi connectivity index (χ1n) is 16.9. The van der Waals surface area contributed by atoms with Crippen LogP contribution in [0.1, 0.15) is 0 Å². The monoisotopic (exact) mass is 1370 g/mol. The van der Waals surface area contributed by atoms with Crippen LogP contribution in [-0.2, 0) is 39.6 Å². The second-order valence-electron chi connectivity index (χ2n) is 12.0. The summed E-state index contributed by atoms with van der Waals surface area (Å²) in [4.78, 5) is 0. The molecule has 0 aliphatic rings. The Morgan fingerprint density at radius 3 is 0.655 bits per heavy atom. The van der Waals surface area contributed by atoms with E-state index in [-0.39, 0.29) is 29.8 Å². The predicted octanol–water partition coefficient (Wildman–Crippen LogP) is 5.25. The molecule has 313 valence electrons. The third-order valence-corrected chi connectivity index (χ3v) is 18.3. The average molecular weight is 1370 g/mol. The van der Waals surface area contributed by atoms with E-state index in [1.807, 2.05) is 72.8 Å². The molecule has 0 bridgehead atoms. The van der Waals surface area contributed by atoms with E-state index in [2.05, 4.69) is 202 Å². The van der Waals surface area contributed by atoms with Crippen molar-refractivity contribution in [2.24, 2.45) is 0 Å². The summed E-state index contributed by atoms with van der Waals surface area (Å²) in [5.74, 6) is 0. The van der Waals surface area contributed by atoms with E-state index in [9.17, 15) is 0 Å². The van der Waals surface area contributed by atoms with Crippen molar-refractivity contribution in [1.29, 1.82) is 0 Å². The second-order valence-corrected chi connectivity index (χ2v) is 23.3. The third-order valence-electron chi connectivity index (χ3n) is 8.04. The molecule has 0 atom stereocenters. The molecule has 0 saturated carbocycles. The Balaban J connectivity index is 0.000000399. The molecule has 0 aliphatic heterocycles. The van der Waals surface area contributed by atoms with Crippen molar-refractivity contribution in [3.63, 3.8) is 0 Å². The van der Waals surface area contributed by atoms with Crippen LogP contribution in [0.2, 0.25) is 0 Å². The van der Waals surface area contributed by atoms with Gasteiger partial charge in [0.25, 0.3) is 0 Å². The normalized spacial score (nSPS) is 10.5. The van der Waals surface area contributed by atoms with Crippen molar-refractivity contribution in [3.05, 3.63) is 246 Å². The van der Waals surface area contributed by atoms with Crippen molar-refractivity contribution in [3.8, 4) is 0 Å². The van der Waals surface area contributed by atoms with Gasteiger partial charge in [-0.2, -0.15) is 41.2 Å². The first-order chi connectivity index (χ1) is 26.9. The van der Waals surface area contributed by atoms with Gasteiger partial charge in [0.05, 0.1) is 0 Å². The Bertz CT molecular complexity index is 1790. The summed E-state index contributed by atoms with van der Waals surface area (Å²) in [5.41, 5.74) is 0. The Morgan fingerprint density at radius 2 is 0.500 bits per heavy atom. The van der Waals surface area contributed by atoms with E-state index >= 15 is 0 Å². The molecule has 1 radical (unpaired) electrons. The summed E-state index contributed by atoms with van der Waals surface area (Å²) in [5, 5.41) is 4.99. The van der Waals surface area contributed by atoms with Crippen LogP contribution in [0.3, 0.4) is 0 Å². The number of benzene rings is 7. The SMILES string of the molecule is [Au].[CH2-][P+]([CH2-])(c1ccccc1)c1ccccc1.[CH2-][P+]([CH2-])(c1ccccc1)c1ccccc1.[CH3-].[I][Au].[O-][Cl+3]([O-])([O-])[O-].c1ccc([As](c2ccccc2)c2ccccc2)cc1. The minimum atomic E-state index is -4.94. The molecule has 0 saturated heterocycles. The van der Waals surface area contributed by atoms with Gasteiger partial charge in [0.1, 0.15) is 0 Å². The Hall–Kier alpha value is -1.70. The average Bonchev–Trinajstić information content (AvgIpc) is 3.24. The van der Waals surface area contributed by atoms with Crippen molar-refractivity contribution < 1.29 is 68.5 Å². The van der Waals surface area contributed by atoms with Gasteiger partial charge in [0.2, 0.25) is 0 Å². The van der Waals surface area contributed by atoms with E-state index < -0.39 is 39.4 Å². The van der Waals surface area contributed by atoms with Crippen LogP contribution in [0.25, 0.3) is 0 Å². The quantitative estimate of drug-likeness (QED) is 0.0945. The molecule has 0 N–H and O–H groups in total. The van der Waals surface area contributed by atoms with Crippen molar-refractivity contribution in [2.45, 2.75) is 0 Å². The van der Waals surface area contributed by atoms with Gasteiger partial charge in [0, 0.05) is 43.6 Å². The van der Waals surface area contributed by atoms with E-state index in [1.54, 1.807) is 0 Å². The molecule has 0 aliphatic carbocycles. The van der Waals surface area contributed by atoms with Crippen molar-refractivity contribution >= 4 is 82.5 Å². The standard InChI is InChI=1S/C18H15As.2C14H14P.CH3.2Au.ClHO4.HI/c1-4-10-16(11-5-1)19(17-12-6-2-7-13-17)18-14-8-3-9-15-18;2*1-15(2,13-9-5-3-6-10-13)14-11-7-4-8-12-14;;;;2-1(3,4)5;/h1-15H;2*3-12H,1-2H2;1H3;;;(H,2,3,4,5);1H/q;3*-1;;+1;;/p-2. The third kappa shape index (κ3) is 18.9. The fraction of sp³-hybridized carbons (Fsp3) is 0. The Kier molecular flexibility index (Phi) is 26.9. The number of halogens is 2. The van der Waals surface area contributed by atoms with Gasteiger partial charge < -0.3 is 7.43 Å². The Morgan fingerprint density at radius 1 is 0.362 bits per heavy atom. The molecule has 0 fully saturated rings. The van der Waals surface area contributed by atoms with Gasteiger partial charge in [-0.25, -0.2) is 18.6 Å². The number of hydrogen-bond donors (Lipinski definition) is 0. The maximum absolute atomic E-state index is 8.49. The molecule has 7 aromatic rings. The van der Waals surface area contributed by atoms with E-state index in [4.69, 9.17) is 18.6 Å². The molecule has 11 heteroatoms. The van der Waals surface area contributed by atoms with Gasteiger partial charge in [-0.05, 0) is 48.5 Å². The van der Waals surface area contributed by atoms with Gasteiger partial charge in [0.15, 0.2) is 0 Å². The summed E-state index contributed by atoms with van der Waals surface area (Å²) in [6.45, 7) is 17.2. The molecule has 0 heterocycles. The summed E-state index contributed by atoms with van der Waals surface area (Å²) in [6, 6.07) is 74.0. The van der Waals surface area contributed by atoms with Crippen LogP contribution in [-0.4, -0.2) is 14.7 Å². The van der Waals surface area contributed by atoms with Crippen LogP contribution >= 0.6 is 33.5 Å². The molecule has 7 rings (SSSR count). The Labute approximate surface area is 393 Å². The van der Waals surface area contributed by atoms with E-state index in [0.717, 1.165) is 0 Å². The first-order valence-corrected chi connectivity index (χ1v) is 31.4. The molecule has 58 heavy (non-hydrogen) atoms. The van der Waals surface area contributed by atoms with Crippen LogP contribution in [0.4, 0.5) is 0 Å². The fourth-order valence-corrected chi connectivity index (χ4v) is 13.7. The van der Waals surface area contributed by atoms with Crippen LogP contribution in [0.5, 0.6) is 0 Å². The van der Waals surface area contributed by atoms with Gasteiger partial charge in [-0.1, -0.05) is 72.8 Å². The zero-order valence-corrected chi connectivity index (χ0v) is 42.8. The summed E-state index contributed by atoms with van der Waals surface area (Å²) in [6.07, 6.45) is 0. The summed E-state index contributed by atoms with van der Waals surface area (Å²) < 4.78 is 38.4. The zero-order valence-electron chi connectivity index (χ0n) is 31.9. The first kappa shape index (κ1) is 54.3. The van der Waals surface area contributed by atoms with E-state index in [1.165, 1.54) is 34.3 Å². The molecular formula is C47H46AsAu2ClIO4P2-4. The van der Waals surface area contributed by atoms with E-state index in [0.29, 0.717) is 0 Å². The second kappa shape index (κ2) is 28.8. The summed E-state index contributed by atoms with van der Waals surface area (Å²) >= 11 is 2.95. The van der Waals surface area contributed by atoms with Crippen molar-refractivity contribution in [1.82, 2.24) is 0 Å². The zero-order chi connectivity index (χ0) is 40.9. The van der Waals surface area contributed by atoms with Crippen molar-refractivity contribution in [2.75, 3.05) is 0 Å². The fourth-order valence-electron chi connectivity index (χ4n) is 5.33. The van der Waals surface area contributed by atoms with Crippen LogP contribution in [0.15, 0.2) is 212 Å². The molecule has 0 unspecified atom stereocenters. The molecule has 0 aromatic heterocycles. The number of hydrogen-bond acceptors (Lipinski definition) is 4. The predicted molar refractivity (Wildman–Crippen MR) is 244 cm³/mol.